The summed E-state index contributed by atoms with van der Waals surface area (Å²) in [5.74, 6) is 0.405. The van der Waals surface area contributed by atoms with E-state index >= 15 is 0 Å². The largest absolute Gasteiger partial charge is 0.378 e. The zero-order chi connectivity index (χ0) is 19.9. The van der Waals surface area contributed by atoms with Gasteiger partial charge in [0.2, 0.25) is 0 Å². The van der Waals surface area contributed by atoms with Crippen LogP contribution in [0.1, 0.15) is 48.3 Å². The summed E-state index contributed by atoms with van der Waals surface area (Å²) in [7, 11) is 1.64. The molecule has 1 amide bonds. The van der Waals surface area contributed by atoms with E-state index in [-0.39, 0.29) is 11.4 Å². The molecule has 0 saturated heterocycles. The van der Waals surface area contributed by atoms with Crippen LogP contribution in [0.4, 0.5) is 0 Å². The molecule has 0 unspecified atom stereocenters. The van der Waals surface area contributed by atoms with Crippen molar-refractivity contribution in [2.45, 2.75) is 45.8 Å². The maximum absolute atomic E-state index is 13.0. The maximum Gasteiger partial charge on any atom is 0.257 e. The first kappa shape index (κ1) is 18.6. The fraction of sp³-hybridized carbons (Fsp3) is 0.409. The SMILES string of the molecule is COCc1cc(-c2cccc(C)c2)n2ncc(C(=O)NC(C)(C)C3CC3)c2n1. The number of carbonyl (C=O) groups is 1. The number of hydrogen-bond donors (Lipinski definition) is 1. The van der Waals surface area contributed by atoms with Crippen LogP contribution in [0, 0.1) is 12.8 Å². The Balaban J connectivity index is 1.80. The van der Waals surface area contributed by atoms with Crippen molar-refractivity contribution >= 4 is 11.6 Å². The number of nitrogens with zero attached hydrogens (tertiary/aromatic N) is 3. The molecule has 2 heterocycles. The number of carbonyl (C=O) groups excluding carboxylic acids is 1. The highest BCUT2D eigenvalue weighted by Crippen LogP contribution is 2.39. The first-order valence-corrected chi connectivity index (χ1v) is 9.65. The van der Waals surface area contributed by atoms with Crippen molar-refractivity contribution in [1.82, 2.24) is 19.9 Å². The molecular formula is C22H26N4O2. The topological polar surface area (TPSA) is 68.5 Å². The quantitative estimate of drug-likeness (QED) is 0.709. The number of amides is 1. The Bertz CT molecular complexity index is 1030. The van der Waals surface area contributed by atoms with E-state index in [1.54, 1.807) is 17.8 Å². The molecule has 1 N–H and O–H groups in total. The summed E-state index contributed by atoms with van der Waals surface area (Å²) in [5, 5.41) is 7.66. The normalized spacial score (nSPS) is 14.4. The monoisotopic (exact) mass is 378 g/mol. The van der Waals surface area contributed by atoms with Crippen LogP contribution < -0.4 is 5.32 Å². The third-order valence-electron chi connectivity index (χ3n) is 5.41. The van der Waals surface area contributed by atoms with Gasteiger partial charge in [-0.2, -0.15) is 5.10 Å². The minimum Gasteiger partial charge on any atom is -0.378 e. The van der Waals surface area contributed by atoms with Crippen molar-refractivity contribution in [1.29, 1.82) is 0 Å². The van der Waals surface area contributed by atoms with Gasteiger partial charge in [0.05, 0.1) is 24.2 Å². The lowest BCUT2D eigenvalue weighted by atomic mass is 9.98. The smallest absolute Gasteiger partial charge is 0.257 e. The minimum atomic E-state index is -0.227. The van der Waals surface area contributed by atoms with Gasteiger partial charge in [0.25, 0.3) is 5.91 Å². The van der Waals surface area contributed by atoms with Crippen LogP contribution in [-0.2, 0) is 11.3 Å². The van der Waals surface area contributed by atoms with Crippen molar-refractivity contribution in [3.8, 4) is 11.3 Å². The van der Waals surface area contributed by atoms with Gasteiger partial charge in [-0.15, -0.1) is 0 Å². The van der Waals surface area contributed by atoms with Crippen molar-refractivity contribution in [2.24, 2.45) is 5.92 Å². The number of nitrogens with one attached hydrogen (secondary N) is 1. The molecule has 4 rings (SSSR count). The molecule has 0 aliphatic heterocycles. The fourth-order valence-electron chi connectivity index (χ4n) is 3.67. The molecule has 1 aromatic carbocycles. The molecule has 0 radical (unpaired) electrons. The van der Waals surface area contributed by atoms with E-state index in [1.807, 2.05) is 18.2 Å². The van der Waals surface area contributed by atoms with E-state index in [0.29, 0.717) is 23.7 Å². The number of methoxy groups -OCH3 is 1. The first-order chi connectivity index (χ1) is 13.4. The van der Waals surface area contributed by atoms with Crippen molar-refractivity contribution in [2.75, 3.05) is 7.11 Å². The molecule has 6 nitrogen and oxygen atoms in total. The van der Waals surface area contributed by atoms with Gasteiger partial charge in [-0.1, -0.05) is 23.8 Å². The fourth-order valence-corrected chi connectivity index (χ4v) is 3.67. The highest BCUT2D eigenvalue weighted by molar-refractivity contribution is 6.00. The van der Waals surface area contributed by atoms with Gasteiger partial charge in [-0.05, 0) is 51.7 Å². The Morgan fingerprint density at radius 2 is 2.11 bits per heavy atom. The highest BCUT2D eigenvalue weighted by atomic mass is 16.5. The van der Waals surface area contributed by atoms with Crippen LogP contribution in [0.15, 0.2) is 36.5 Å². The number of aryl methyl sites for hydroxylation is 1. The molecule has 0 atom stereocenters. The molecule has 2 aromatic heterocycles. The minimum absolute atomic E-state index is 0.135. The molecule has 146 valence electrons. The van der Waals surface area contributed by atoms with Gasteiger partial charge in [0.15, 0.2) is 5.65 Å². The van der Waals surface area contributed by atoms with E-state index < -0.39 is 0 Å². The lowest BCUT2D eigenvalue weighted by Gasteiger charge is -2.25. The Morgan fingerprint density at radius 3 is 2.79 bits per heavy atom. The van der Waals surface area contributed by atoms with Gasteiger partial charge in [-0.3, -0.25) is 4.79 Å². The Morgan fingerprint density at radius 1 is 1.32 bits per heavy atom. The molecule has 1 aliphatic carbocycles. The van der Waals surface area contributed by atoms with Crippen molar-refractivity contribution < 1.29 is 9.53 Å². The zero-order valence-corrected chi connectivity index (χ0v) is 16.8. The summed E-state index contributed by atoms with van der Waals surface area (Å²) in [5.41, 5.74) is 4.65. The number of ether oxygens (including phenoxy) is 1. The zero-order valence-electron chi connectivity index (χ0n) is 16.8. The van der Waals surface area contributed by atoms with E-state index in [2.05, 4.69) is 48.3 Å². The number of hydrogen-bond acceptors (Lipinski definition) is 4. The van der Waals surface area contributed by atoms with Crippen LogP contribution >= 0.6 is 0 Å². The van der Waals surface area contributed by atoms with Crippen LogP contribution in [-0.4, -0.2) is 33.2 Å². The molecule has 0 spiro atoms. The molecular weight excluding hydrogens is 352 g/mol. The lowest BCUT2D eigenvalue weighted by Crippen LogP contribution is -2.45. The predicted octanol–water partition coefficient (Wildman–Crippen LogP) is 3.77. The molecule has 3 aromatic rings. The second-order valence-corrected chi connectivity index (χ2v) is 8.18. The molecule has 1 saturated carbocycles. The predicted molar refractivity (Wildman–Crippen MR) is 108 cm³/mol. The van der Waals surface area contributed by atoms with Crippen molar-refractivity contribution in [3.63, 3.8) is 0 Å². The number of benzene rings is 1. The van der Waals surface area contributed by atoms with E-state index in [4.69, 9.17) is 4.74 Å². The average Bonchev–Trinajstić information content (AvgIpc) is 3.42. The molecule has 1 aliphatic rings. The summed E-state index contributed by atoms with van der Waals surface area (Å²) in [4.78, 5) is 17.7. The second-order valence-electron chi connectivity index (χ2n) is 8.18. The molecule has 6 heteroatoms. The number of aromatic nitrogens is 3. The Labute approximate surface area is 164 Å². The van der Waals surface area contributed by atoms with Gasteiger partial charge in [0.1, 0.15) is 5.56 Å². The average molecular weight is 378 g/mol. The Hall–Kier alpha value is -2.73. The maximum atomic E-state index is 13.0. The molecule has 1 fully saturated rings. The highest BCUT2D eigenvalue weighted by Gasteiger charge is 2.39. The summed E-state index contributed by atoms with van der Waals surface area (Å²) < 4.78 is 7.04. The molecule has 28 heavy (non-hydrogen) atoms. The van der Waals surface area contributed by atoms with Crippen LogP contribution in [0.2, 0.25) is 0 Å². The third-order valence-corrected chi connectivity index (χ3v) is 5.41. The van der Waals surface area contributed by atoms with Gasteiger partial charge < -0.3 is 10.1 Å². The second kappa shape index (κ2) is 7.02. The number of fused-ring (bicyclic) bond motifs is 1. The first-order valence-electron chi connectivity index (χ1n) is 9.65. The number of rotatable bonds is 6. The van der Waals surface area contributed by atoms with Crippen LogP contribution in [0.25, 0.3) is 16.9 Å². The van der Waals surface area contributed by atoms with Gasteiger partial charge >= 0.3 is 0 Å². The van der Waals surface area contributed by atoms with E-state index in [0.717, 1.165) is 35.4 Å². The Kier molecular flexibility index (Phi) is 4.67. The third kappa shape index (κ3) is 3.52. The van der Waals surface area contributed by atoms with Gasteiger partial charge in [0, 0.05) is 18.2 Å². The summed E-state index contributed by atoms with van der Waals surface area (Å²) in [6, 6.07) is 10.2. The summed E-state index contributed by atoms with van der Waals surface area (Å²) in [6.45, 7) is 6.58. The van der Waals surface area contributed by atoms with Crippen LogP contribution in [0.3, 0.4) is 0 Å². The van der Waals surface area contributed by atoms with E-state index in [1.165, 1.54) is 0 Å². The van der Waals surface area contributed by atoms with E-state index in [9.17, 15) is 4.79 Å². The van der Waals surface area contributed by atoms with Crippen molar-refractivity contribution in [3.05, 3.63) is 53.3 Å². The molecule has 0 bridgehead atoms. The van der Waals surface area contributed by atoms with Gasteiger partial charge in [-0.25, -0.2) is 9.50 Å². The van der Waals surface area contributed by atoms with Crippen LogP contribution in [0.5, 0.6) is 0 Å². The summed E-state index contributed by atoms with van der Waals surface area (Å²) in [6.07, 6.45) is 3.93. The lowest BCUT2D eigenvalue weighted by molar-refractivity contribution is 0.0905. The summed E-state index contributed by atoms with van der Waals surface area (Å²) >= 11 is 0. The standard InChI is InChI=1S/C22H26N4O2/c1-14-6-5-7-15(10-14)19-11-17(13-28-4)24-20-18(12-23-26(19)20)21(27)25-22(2,3)16-8-9-16/h5-7,10-12,16H,8-9,13H2,1-4H3,(H,25,27).